The molecular formula is C12H22BrNO3. The van der Waals surface area contributed by atoms with Crippen molar-refractivity contribution in [2.75, 3.05) is 5.33 Å². The van der Waals surface area contributed by atoms with E-state index in [4.69, 9.17) is 4.74 Å². The first-order valence-corrected chi connectivity index (χ1v) is 6.86. The van der Waals surface area contributed by atoms with E-state index in [9.17, 15) is 9.59 Å². The Balaban J connectivity index is 4.43. The van der Waals surface area contributed by atoms with Crippen LogP contribution in [0.3, 0.4) is 0 Å². The predicted octanol–water partition coefficient (Wildman–Crippen LogP) is 2.89. The molecule has 0 unspecified atom stereocenters. The normalized spacial score (nSPS) is 13.4. The van der Waals surface area contributed by atoms with E-state index >= 15 is 0 Å². The molecule has 100 valence electrons. The van der Waals surface area contributed by atoms with E-state index < -0.39 is 17.7 Å². The van der Waals surface area contributed by atoms with Crippen molar-refractivity contribution in [1.82, 2.24) is 5.32 Å². The van der Waals surface area contributed by atoms with Crippen molar-refractivity contribution in [3.8, 4) is 0 Å². The molecule has 0 spiro atoms. The van der Waals surface area contributed by atoms with Gasteiger partial charge in [0.1, 0.15) is 5.60 Å². The first kappa shape index (κ1) is 16.4. The smallest absolute Gasteiger partial charge is 0.408 e. The number of ether oxygens (including phenoxy) is 1. The van der Waals surface area contributed by atoms with Gasteiger partial charge in [-0.15, -0.1) is 0 Å². The molecule has 0 aliphatic carbocycles. The summed E-state index contributed by atoms with van der Waals surface area (Å²) in [7, 11) is 0. The van der Waals surface area contributed by atoms with Gasteiger partial charge >= 0.3 is 6.09 Å². The van der Waals surface area contributed by atoms with Gasteiger partial charge < -0.3 is 10.1 Å². The monoisotopic (exact) mass is 307 g/mol. The second kappa shape index (κ2) is 6.99. The fourth-order valence-corrected chi connectivity index (χ4v) is 1.68. The van der Waals surface area contributed by atoms with Crippen LogP contribution in [0, 0.1) is 5.92 Å². The van der Waals surface area contributed by atoms with Gasteiger partial charge in [0.05, 0.1) is 11.4 Å². The number of carbonyl (C=O) groups excluding carboxylic acids is 2. The molecule has 0 aliphatic heterocycles. The number of ketones is 1. The minimum Gasteiger partial charge on any atom is -0.444 e. The van der Waals surface area contributed by atoms with E-state index in [1.165, 1.54) is 0 Å². The molecular weight excluding hydrogens is 286 g/mol. The first-order chi connectivity index (χ1) is 7.65. The van der Waals surface area contributed by atoms with Gasteiger partial charge in [-0.1, -0.05) is 29.8 Å². The van der Waals surface area contributed by atoms with Crippen LogP contribution in [-0.4, -0.2) is 28.8 Å². The van der Waals surface area contributed by atoms with Gasteiger partial charge in [0.2, 0.25) is 0 Å². The Hall–Kier alpha value is -0.580. The van der Waals surface area contributed by atoms with Crippen LogP contribution < -0.4 is 5.32 Å². The van der Waals surface area contributed by atoms with Crippen molar-refractivity contribution in [2.24, 2.45) is 5.92 Å². The average molecular weight is 308 g/mol. The third-order valence-electron chi connectivity index (χ3n) is 1.92. The molecule has 17 heavy (non-hydrogen) atoms. The zero-order valence-corrected chi connectivity index (χ0v) is 12.8. The quantitative estimate of drug-likeness (QED) is 0.795. The molecule has 1 N–H and O–H groups in total. The van der Waals surface area contributed by atoms with Crippen LogP contribution in [0.25, 0.3) is 0 Å². The van der Waals surface area contributed by atoms with Gasteiger partial charge in [-0.2, -0.15) is 0 Å². The largest absolute Gasteiger partial charge is 0.444 e. The summed E-state index contributed by atoms with van der Waals surface area (Å²) in [5, 5.41) is 2.85. The number of halogens is 1. The minimum absolute atomic E-state index is 0.0374. The number of rotatable bonds is 5. The SMILES string of the molecule is CC(C)C[C@H](NC(=O)OC(C)(C)C)C(=O)CBr. The van der Waals surface area contributed by atoms with Crippen LogP contribution in [0.5, 0.6) is 0 Å². The van der Waals surface area contributed by atoms with E-state index in [0.717, 1.165) is 0 Å². The molecule has 0 saturated carbocycles. The Morgan fingerprint density at radius 3 is 2.18 bits per heavy atom. The van der Waals surface area contributed by atoms with E-state index in [0.29, 0.717) is 12.3 Å². The fraction of sp³-hybridized carbons (Fsp3) is 0.833. The molecule has 1 atom stereocenters. The van der Waals surface area contributed by atoms with Crippen molar-refractivity contribution in [2.45, 2.75) is 52.7 Å². The van der Waals surface area contributed by atoms with Crippen LogP contribution >= 0.6 is 15.9 Å². The van der Waals surface area contributed by atoms with Crippen LogP contribution in [0.1, 0.15) is 41.0 Å². The summed E-state index contributed by atoms with van der Waals surface area (Å²) in [6, 6.07) is -0.482. The highest BCUT2D eigenvalue weighted by molar-refractivity contribution is 9.09. The highest BCUT2D eigenvalue weighted by atomic mass is 79.9. The summed E-state index contributed by atoms with van der Waals surface area (Å²) < 4.78 is 5.13. The predicted molar refractivity (Wildman–Crippen MR) is 71.4 cm³/mol. The lowest BCUT2D eigenvalue weighted by Crippen LogP contribution is -2.44. The molecule has 0 saturated heterocycles. The fourth-order valence-electron chi connectivity index (χ4n) is 1.29. The van der Waals surface area contributed by atoms with Crippen molar-refractivity contribution >= 4 is 27.8 Å². The lowest BCUT2D eigenvalue weighted by atomic mass is 10.0. The molecule has 0 aliphatic rings. The van der Waals surface area contributed by atoms with Gasteiger partial charge in [-0.3, -0.25) is 4.79 Å². The molecule has 0 aromatic heterocycles. The van der Waals surface area contributed by atoms with Crippen LogP contribution in [0.2, 0.25) is 0 Å². The van der Waals surface area contributed by atoms with E-state index in [2.05, 4.69) is 21.2 Å². The third kappa shape index (κ3) is 8.18. The number of hydrogen-bond acceptors (Lipinski definition) is 3. The Morgan fingerprint density at radius 1 is 1.29 bits per heavy atom. The van der Waals surface area contributed by atoms with E-state index in [-0.39, 0.29) is 11.1 Å². The average Bonchev–Trinajstić information content (AvgIpc) is 2.11. The number of alkyl carbamates (subject to hydrolysis) is 1. The standard InChI is InChI=1S/C12H22BrNO3/c1-8(2)6-9(10(15)7-13)14-11(16)17-12(3,4)5/h8-9H,6-7H2,1-5H3,(H,14,16)/t9-/m0/s1. The van der Waals surface area contributed by atoms with Gasteiger partial charge in [-0.05, 0) is 33.1 Å². The Labute approximate surface area is 112 Å². The topological polar surface area (TPSA) is 55.4 Å². The highest BCUT2D eigenvalue weighted by Gasteiger charge is 2.24. The molecule has 5 heteroatoms. The van der Waals surface area contributed by atoms with Gasteiger partial charge in [0.15, 0.2) is 5.78 Å². The molecule has 0 aromatic carbocycles. The lowest BCUT2D eigenvalue weighted by Gasteiger charge is -2.23. The van der Waals surface area contributed by atoms with Crippen LogP contribution in [0.4, 0.5) is 4.79 Å². The first-order valence-electron chi connectivity index (χ1n) is 5.74. The zero-order chi connectivity index (χ0) is 13.6. The number of carbonyl (C=O) groups is 2. The van der Waals surface area contributed by atoms with Crippen LogP contribution in [0.15, 0.2) is 0 Å². The number of alkyl halides is 1. The van der Waals surface area contributed by atoms with Crippen molar-refractivity contribution in [3.63, 3.8) is 0 Å². The second-order valence-electron chi connectivity index (χ2n) is 5.43. The number of Topliss-reactive ketones (excluding diaryl/α,β-unsaturated/α-hetero) is 1. The Kier molecular flexibility index (Phi) is 6.75. The molecule has 0 fully saturated rings. The molecule has 0 bridgehead atoms. The molecule has 0 aromatic rings. The van der Waals surface area contributed by atoms with Gasteiger partial charge in [0, 0.05) is 0 Å². The Morgan fingerprint density at radius 2 is 1.82 bits per heavy atom. The van der Waals surface area contributed by atoms with Crippen LogP contribution in [-0.2, 0) is 9.53 Å². The summed E-state index contributed by atoms with van der Waals surface area (Å²) in [6.45, 7) is 9.37. The van der Waals surface area contributed by atoms with E-state index in [1.54, 1.807) is 20.8 Å². The molecule has 0 heterocycles. The lowest BCUT2D eigenvalue weighted by molar-refractivity contribution is -0.118. The Bertz CT molecular complexity index is 271. The van der Waals surface area contributed by atoms with Gasteiger partial charge in [0.25, 0.3) is 0 Å². The maximum absolute atomic E-state index is 11.6. The summed E-state index contributed by atoms with van der Waals surface area (Å²) >= 11 is 3.12. The number of hydrogen-bond donors (Lipinski definition) is 1. The maximum atomic E-state index is 11.6. The molecule has 1 amide bonds. The summed E-state index contributed by atoms with van der Waals surface area (Å²) in [4.78, 5) is 23.2. The zero-order valence-electron chi connectivity index (χ0n) is 11.2. The van der Waals surface area contributed by atoms with Gasteiger partial charge in [-0.25, -0.2) is 4.79 Å². The number of nitrogens with one attached hydrogen (secondary N) is 1. The summed E-state index contributed by atoms with van der Waals surface area (Å²) in [6.07, 6.45) is 0.0707. The van der Waals surface area contributed by atoms with Crippen molar-refractivity contribution in [3.05, 3.63) is 0 Å². The second-order valence-corrected chi connectivity index (χ2v) is 5.99. The van der Waals surface area contributed by atoms with Crippen molar-refractivity contribution < 1.29 is 14.3 Å². The molecule has 4 nitrogen and oxygen atoms in total. The minimum atomic E-state index is -0.552. The third-order valence-corrected chi connectivity index (χ3v) is 2.47. The summed E-state index contributed by atoms with van der Waals surface area (Å²) in [5.41, 5.74) is -0.552. The number of amides is 1. The molecule has 0 rings (SSSR count). The van der Waals surface area contributed by atoms with Crippen molar-refractivity contribution in [1.29, 1.82) is 0 Å². The maximum Gasteiger partial charge on any atom is 0.408 e. The van der Waals surface area contributed by atoms with E-state index in [1.807, 2.05) is 13.8 Å². The summed E-state index contributed by atoms with van der Waals surface area (Å²) in [5.74, 6) is 0.294. The highest BCUT2D eigenvalue weighted by Crippen LogP contribution is 2.10. The molecule has 0 radical (unpaired) electrons.